The lowest BCUT2D eigenvalue weighted by atomic mass is 9.88. The molecule has 4 amide bonds. The van der Waals surface area contributed by atoms with Crippen molar-refractivity contribution in [2.45, 2.75) is 88.8 Å². The highest BCUT2D eigenvalue weighted by molar-refractivity contribution is 7.08. The molecule has 1 saturated heterocycles. The van der Waals surface area contributed by atoms with Gasteiger partial charge in [0.15, 0.2) is 0 Å². The van der Waals surface area contributed by atoms with E-state index in [9.17, 15) is 14.4 Å². The molecular formula is C22H31N3O3S. The van der Waals surface area contributed by atoms with Crippen molar-refractivity contribution >= 4 is 29.2 Å². The van der Waals surface area contributed by atoms with E-state index < -0.39 is 11.6 Å². The average Bonchev–Trinajstić information content (AvgIpc) is 3.35. The fourth-order valence-corrected chi connectivity index (χ4v) is 5.99. The standard InChI is InChI=1S/C22H31N3O3S/c1-22(16-12-13-29-15-16)20(27)24(21(28)23-22)14-19(26)25(17-8-4-2-5-9-17)18-10-6-3-7-11-18/h12-13,15,17-18H,2-11,14H2,1H3,(H,23,28). The predicted molar refractivity (Wildman–Crippen MR) is 113 cm³/mol. The number of hydrogen-bond acceptors (Lipinski definition) is 4. The first-order chi connectivity index (χ1) is 14.0. The molecule has 7 heteroatoms. The van der Waals surface area contributed by atoms with Crippen LogP contribution in [-0.4, -0.2) is 46.3 Å². The molecule has 0 bridgehead atoms. The molecule has 0 radical (unpaired) electrons. The second-order valence-corrected chi connectivity index (χ2v) is 9.62. The summed E-state index contributed by atoms with van der Waals surface area (Å²) in [5, 5.41) is 6.57. The van der Waals surface area contributed by atoms with E-state index >= 15 is 0 Å². The van der Waals surface area contributed by atoms with Crippen LogP contribution < -0.4 is 5.32 Å². The van der Waals surface area contributed by atoms with E-state index in [1.165, 1.54) is 24.2 Å². The van der Waals surface area contributed by atoms with Crippen molar-refractivity contribution < 1.29 is 14.4 Å². The third-order valence-corrected chi connectivity index (χ3v) is 7.57. The maximum absolute atomic E-state index is 13.4. The number of hydrogen-bond donors (Lipinski definition) is 1. The lowest BCUT2D eigenvalue weighted by Crippen LogP contribution is -2.53. The van der Waals surface area contributed by atoms with Crippen LogP contribution in [0.2, 0.25) is 0 Å². The number of amides is 4. The molecule has 1 atom stereocenters. The van der Waals surface area contributed by atoms with Gasteiger partial charge in [-0.15, -0.1) is 0 Å². The van der Waals surface area contributed by atoms with Crippen molar-refractivity contribution in [1.29, 1.82) is 0 Å². The van der Waals surface area contributed by atoms with E-state index in [1.54, 1.807) is 6.92 Å². The van der Waals surface area contributed by atoms with Crippen LogP contribution in [0, 0.1) is 0 Å². The molecule has 29 heavy (non-hydrogen) atoms. The van der Waals surface area contributed by atoms with Crippen molar-refractivity contribution in [2.75, 3.05) is 6.54 Å². The summed E-state index contributed by atoms with van der Waals surface area (Å²) in [5.74, 6) is -0.400. The Balaban J connectivity index is 1.52. The lowest BCUT2D eigenvalue weighted by molar-refractivity contribution is -0.143. The smallest absolute Gasteiger partial charge is 0.325 e. The summed E-state index contributed by atoms with van der Waals surface area (Å²) >= 11 is 1.49. The quantitative estimate of drug-likeness (QED) is 0.736. The summed E-state index contributed by atoms with van der Waals surface area (Å²) in [5.41, 5.74) is -0.315. The number of thiophene rings is 1. The third kappa shape index (κ3) is 3.93. The Hall–Kier alpha value is -1.89. The summed E-state index contributed by atoms with van der Waals surface area (Å²) < 4.78 is 0. The molecule has 2 heterocycles. The number of imide groups is 1. The first-order valence-electron chi connectivity index (χ1n) is 11.0. The van der Waals surface area contributed by atoms with Gasteiger partial charge in [0.1, 0.15) is 12.1 Å². The summed E-state index contributed by atoms with van der Waals surface area (Å²) in [6.45, 7) is 1.57. The number of carbonyl (C=O) groups is 3. The van der Waals surface area contributed by atoms with Crippen LogP contribution >= 0.6 is 11.3 Å². The molecule has 0 aromatic carbocycles. The Kier molecular flexibility index (Phi) is 5.95. The van der Waals surface area contributed by atoms with Crippen molar-refractivity contribution in [3.63, 3.8) is 0 Å². The van der Waals surface area contributed by atoms with E-state index in [-0.39, 0.29) is 30.4 Å². The Morgan fingerprint density at radius 1 is 1.10 bits per heavy atom. The van der Waals surface area contributed by atoms with Gasteiger partial charge >= 0.3 is 6.03 Å². The molecule has 4 rings (SSSR count). The van der Waals surface area contributed by atoms with Crippen LogP contribution in [0.3, 0.4) is 0 Å². The van der Waals surface area contributed by atoms with Gasteiger partial charge in [-0.25, -0.2) is 4.79 Å². The minimum atomic E-state index is -1.09. The largest absolute Gasteiger partial charge is 0.335 e. The van der Waals surface area contributed by atoms with Gasteiger partial charge in [0.05, 0.1) is 0 Å². The van der Waals surface area contributed by atoms with E-state index in [2.05, 4.69) is 10.2 Å². The second kappa shape index (κ2) is 8.46. The van der Waals surface area contributed by atoms with Gasteiger partial charge in [-0.05, 0) is 55.0 Å². The fraction of sp³-hybridized carbons (Fsp3) is 0.682. The fourth-order valence-electron chi connectivity index (χ4n) is 5.23. The molecule has 6 nitrogen and oxygen atoms in total. The Morgan fingerprint density at radius 2 is 1.69 bits per heavy atom. The summed E-state index contributed by atoms with van der Waals surface area (Å²) in [4.78, 5) is 42.4. The van der Waals surface area contributed by atoms with Crippen LogP contribution in [0.15, 0.2) is 16.8 Å². The van der Waals surface area contributed by atoms with E-state index in [1.807, 2.05) is 16.8 Å². The summed E-state index contributed by atoms with van der Waals surface area (Å²) in [7, 11) is 0. The number of rotatable bonds is 5. The highest BCUT2D eigenvalue weighted by Gasteiger charge is 2.50. The van der Waals surface area contributed by atoms with Crippen molar-refractivity contribution in [3.05, 3.63) is 22.4 Å². The zero-order valence-electron chi connectivity index (χ0n) is 17.2. The highest BCUT2D eigenvalue weighted by atomic mass is 32.1. The van der Waals surface area contributed by atoms with Crippen LogP contribution in [0.5, 0.6) is 0 Å². The zero-order chi connectivity index (χ0) is 20.4. The Morgan fingerprint density at radius 3 is 2.21 bits per heavy atom. The van der Waals surface area contributed by atoms with Crippen LogP contribution in [0.25, 0.3) is 0 Å². The average molecular weight is 418 g/mol. The van der Waals surface area contributed by atoms with Gasteiger partial charge < -0.3 is 10.2 Å². The Labute approximate surface area is 176 Å². The first kappa shape index (κ1) is 20.4. The minimum absolute atomic E-state index is 0.0677. The maximum atomic E-state index is 13.4. The number of carbonyl (C=O) groups excluding carboxylic acids is 3. The SMILES string of the molecule is CC1(c2ccsc2)NC(=O)N(CC(=O)N(C2CCCCC2)C2CCCCC2)C1=O. The van der Waals surface area contributed by atoms with Crippen LogP contribution in [-0.2, 0) is 15.1 Å². The molecule has 2 aliphatic carbocycles. The van der Waals surface area contributed by atoms with Gasteiger partial charge in [0.25, 0.3) is 5.91 Å². The van der Waals surface area contributed by atoms with Gasteiger partial charge in [-0.3, -0.25) is 14.5 Å². The van der Waals surface area contributed by atoms with Crippen molar-refractivity contribution in [2.24, 2.45) is 0 Å². The number of nitrogens with one attached hydrogen (secondary N) is 1. The highest BCUT2D eigenvalue weighted by Crippen LogP contribution is 2.33. The molecular weight excluding hydrogens is 386 g/mol. The molecule has 2 saturated carbocycles. The molecule has 1 aromatic heterocycles. The van der Waals surface area contributed by atoms with Crippen molar-refractivity contribution in [3.8, 4) is 0 Å². The zero-order valence-corrected chi connectivity index (χ0v) is 18.0. The normalized spacial score (nSPS) is 26.6. The van der Waals surface area contributed by atoms with E-state index in [4.69, 9.17) is 0 Å². The minimum Gasteiger partial charge on any atom is -0.335 e. The third-order valence-electron chi connectivity index (χ3n) is 6.89. The van der Waals surface area contributed by atoms with Crippen LogP contribution in [0.4, 0.5) is 4.79 Å². The molecule has 3 fully saturated rings. The van der Waals surface area contributed by atoms with E-state index in [0.717, 1.165) is 61.8 Å². The number of urea groups is 1. The molecule has 1 aromatic rings. The monoisotopic (exact) mass is 417 g/mol. The van der Waals surface area contributed by atoms with Gasteiger partial charge in [-0.2, -0.15) is 11.3 Å². The van der Waals surface area contributed by atoms with Crippen molar-refractivity contribution in [1.82, 2.24) is 15.1 Å². The predicted octanol–water partition coefficient (Wildman–Crippen LogP) is 4.01. The molecule has 1 aliphatic heterocycles. The topological polar surface area (TPSA) is 69.7 Å². The van der Waals surface area contributed by atoms with Gasteiger partial charge in [0.2, 0.25) is 5.91 Å². The molecule has 3 aliphatic rings. The lowest BCUT2D eigenvalue weighted by Gasteiger charge is -2.42. The second-order valence-electron chi connectivity index (χ2n) is 8.84. The maximum Gasteiger partial charge on any atom is 0.325 e. The molecule has 1 unspecified atom stereocenters. The molecule has 158 valence electrons. The Bertz CT molecular complexity index is 735. The first-order valence-corrected chi connectivity index (χ1v) is 11.9. The molecule has 0 spiro atoms. The van der Waals surface area contributed by atoms with Crippen LogP contribution in [0.1, 0.15) is 76.7 Å². The van der Waals surface area contributed by atoms with Gasteiger partial charge in [-0.1, -0.05) is 38.5 Å². The summed E-state index contributed by atoms with van der Waals surface area (Å²) in [6, 6.07) is 1.89. The van der Waals surface area contributed by atoms with Gasteiger partial charge in [0, 0.05) is 12.1 Å². The number of nitrogens with zero attached hydrogens (tertiary/aromatic N) is 2. The summed E-state index contributed by atoms with van der Waals surface area (Å²) in [6.07, 6.45) is 11.2. The van der Waals surface area contributed by atoms with E-state index in [0.29, 0.717) is 0 Å². The molecule has 1 N–H and O–H groups in total.